The zero-order chi connectivity index (χ0) is 18.9. The van der Waals surface area contributed by atoms with Crippen molar-refractivity contribution >= 4 is 11.9 Å². The van der Waals surface area contributed by atoms with Gasteiger partial charge in [0, 0.05) is 25.6 Å². The van der Waals surface area contributed by atoms with Gasteiger partial charge in [-0.1, -0.05) is 26.0 Å². The molecule has 0 aliphatic carbocycles. The number of carbonyl (C=O) groups is 1. The molecule has 0 saturated heterocycles. The van der Waals surface area contributed by atoms with E-state index in [0.29, 0.717) is 31.2 Å². The van der Waals surface area contributed by atoms with Crippen molar-refractivity contribution in [3.8, 4) is 0 Å². The van der Waals surface area contributed by atoms with E-state index in [9.17, 15) is 18.0 Å². The molecule has 140 valence electrons. The summed E-state index contributed by atoms with van der Waals surface area (Å²) in [7, 11) is 0. The quantitative estimate of drug-likeness (QED) is 0.399. The normalized spacial score (nSPS) is 12.2. The summed E-state index contributed by atoms with van der Waals surface area (Å²) in [5.41, 5.74) is 0.00414. The van der Waals surface area contributed by atoms with Crippen LogP contribution in [-0.2, 0) is 17.5 Å². The van der Waals surface area contributed by atoms with Crippen molar-refractivity contribution in [2.24, 2.45) is 10.9 Å². The summed E-state index contributed by atoms with van der Waals surface area (Å²) in [6, 6.07) is 4.93. The van der Waals surface area contributed by atoms with Crippen LogP contribution < -0.4 is 16.0 Å². The molecular weight excluding hydrogens is 333 g/mol. The van der Waals surface area contributed by atoms with E-state index < -0.39 is 11.7 Å². The Morgan fingerprint density at radius 2 is 1.68 bits per heavy atom. The third-order valence-electron chi connectivity index (χ3n) is 3.29. The van der Waals surface area contributed by atoms with Gasteiger partial charge in [-0.25, -0.2) is 4.99 Å². The fourth-order valence-electron chi connectivity index (χ4n) is 1.88. The fraction of sp³-hybridized carbons (Fsp3) is 0.529. The predicted molar refractivity (Wildman–Crippen MR) is 92.1 cm³/mol. The molecule has 0 radical (unpaired) electrons. The number of benzene rings is 1. The number of carbonyl (C=O) groups excluding carboxylic acids is 1. The lowest BCUT2D eigenvalue weighted by molar-refractivity contribution is -0.137. The lowest BCUT2D eigenvalue weighted by Crippen LogP contribution is -2.42. The first-order chi connectivity index (χ1) is 11.7. The maximum Gasteiger partial charge on any atom is 0.416 e. The van der Waals surface area contributed by atoms with Gasteiger partial charge in [0.2, 0.25) is 5.91 Å². The average Bonchev–Trinajstić information content (AvgIpc) is 2.55. The van der Waals surface area contributed by atoms with Gasteiger partial charge in [0.25, 0.3) is 0 Å². The highest BCUT2D eigenvalue weighted by Gasteiger charge is 2.29. The maximum atomic E-state index is 12.5. The molecule has 0 unspecified atom stereocenters. The largest absolute Gasteiger partial charge is 0.416 e. The number of nitrogens with zero attached hydrogens (tertiary/aromatic N) is 1. The van der Waals surface area contributed by atoms with E-state index in [2.05, 4.69) is 20.9 Å². The summed E-state index contributed by atoms with van der Waals surface area (Å²) < 4.78 is 37.6. The molecule has 0 fully saturated rings. The number of rotatable bonds is 7. The number of guanidine groups is 1. The number of hydrogen-bond acceptors (Lipinski definition) is 2. The third kappa shape index (κ3) is 7.91. The first kappa shape index (κ1) is 20.8. The topological polar surface area (TPSA) is 65.5 Å². The zero-order valence-electron chi connectivity index (χ0n) is 14.7. The molecular formula is C17H25F3N4O. The van der Waals surface area contributed by atoms with E-state index in [4.69, 9.17) is 0 Å². The molecule has 25 heavy (non-hydrogen) atoms. The highest BCUT2D eigenvalue weighted by atomic mass is 19.4. The second kappa shape index (κ2) is 9.90. The summed E-state index contributed by atoms with van der Waals surface area (Å²) in [5, 5.41) is 8.89. The van der Waals surface area contributed by atoms with E-state index in [-0.39, 0.29) is 18.4 Å². The Morgan fingerprint density at radius 3 is 2.20 bits per heavy atom. The van der Waals surface area contributed by atoms with E-state index in [0.717, 1.165) is 12.1 Å². The highest BCUT2D eigenvalue weighted by molar-refractivity contribution is 5.80. The Kier molecular flexibility index (Phi) is 8.24. The summed E-state index contributed by atoms with van der Waals surface area (Å²) in [4.78, 5) is 15.8. The first-order valence-electron chi connectivity index (χ1n) is 8.20. The molecule has 0 aromatic heterocycles. The Labute approximate surface area is 146 Å². The van der Waals surface area contributed by atoms with E-state index in [1.54, 1.807) is 0 Å². The Morgan fingerprint density at radius 1 is 1.08 bits per heavy atom. The highest BCUT2D eigenvalue weighted by Crippen LogP contribution is 2.29. The van der Waals surface area contributed by atoms with Crippen molar-refractivity contribution in [1.82, 2.24) is 16.0 Å². The molecule has 0 heterocycles. The number of aliphatic imine (C=N–C) groups is 1. The van der Waals surface area contributed by atoms with Gasteiger partial charge in [-0.15, -0.1) is 0 Å². The van der Waals surface area contributed by atoms with Gasteiger partial charge in [0.05, 0.1) is 12.1 Å². The molecule has 0 atom stereocenters. The number of halogens is 3. The van der Waals surface area contributed by atoms with Crippen molar-refractivity contribution < 1.29 is 18.0 Å². The van der Waals surface area contributed by atoms with Crippen LogP contribution in [0, 0.1) is 5.92 Å². The Hall–Kier alpha value is -2.25. The molecule has 1 aromatic carbocycles. The van der Waals surface area contributed by atoms with Gasteiger partial charge in [-0.05, 0) is 24.6 Å². The first-order valence-corrected chi connectivity index (χ1v) is 8.20. The van der Waals surface area contributed by atoms with Crippen molar-refractivity contribution in [3.63, 3.8) is 0 Å². The summed E-state index contributed by atoms with van der Waals surface area (Å²) in [6.45, 7) is 7.41. The van der Waals surface area contributed by atoms with Gasteiger partial charge in [-0.3, -0.25) is 4.79 Å². The second-order valence-corrected chi connectivity index (χ2v) is 5.76. The van der Waals surface area contributed by atoms with E-state index >= 15 is 0 Å². The standard InChI is InChI=1S/C17H25F3N4O/c1-4-21-16(23-10-9-22-15(25)12(2)3)24-11-13-5-7-14(8-6-13)17(18,19)20/h5-8,12H,4,9-11H2,1-3H3,(H,22,25)(H2,21,23,24). The van der Waals surface area contributed by atoms with Crippen molar-refractivity contribution in [1.29, 1.82) is 0 Å². The van der Waals surface area contributed by atoms with Crippen LogP contribution in [-0.4, -0.2) is 31.5 Å². The van der Waals surface area contributed by atoms with Gasteiger partial charge < -0.3 is 16.0 Å². The fourth-order valence-corrected chi connectivity index (χ4v) is 1.88. The molecule has 0 aliphatic rings. The van der Waals surface area contributed by atoms with Crippen LogP contribution in [0.4, 0.5) is 13.2 Å². The number of hydrogen-bond donors (Lipinski definition) is 3. The van der Waals surface area contributed by atoms with Crippen LogP contribution in [0.1, 0.15) is 31.9 Å². The second-order valence-electron chi connectivity index (χ2n) is 5.76. The lowest BCUT2D eigenvalue weighted by Gasteiger charge is -2.13. The third-order valence-corrected chi connectivity index (χ3v) is 3.29. The molecule has 0 bridgehead atoms. The zero-order valence-corrected chi connectivity index (χ0v) is 14.7. The molecule has 0 spiro atoms. The van der Waals surface area contributed by atoms with Crippen molar-refractivity contribution in [2.45, 2.75) is 33.5 Å². The summed E-state index contributed by atoms with van der Waals surface area (Å²) >= 11 is 0. The van der Waals surface area contributed by atoms with Crippen LogP contribution in [0.3, 0.4) is 0 Å². The Bertz CT molecular complexity index is 568. The molecule has 1 amide bonds. The molecule has 3 N–H and O–H groups in total. The molecule has 1 aromatic rings. The van der Waals surface area contributed by atoms with Crippen LogP contribution in [0.2, 0.25) is 0 Å². The average molecular weight is 358 g/mol. The SMILES string of the molecule is CCNC(=NCc1ccc(C(F)(F)F)cc1)NCCNC(=O)C(C)C. The Balaban J connectivity index is 2.53. The van der Waals surface area contributed by atoms with Gasteiger partial charge in [-0.2, -0.15) is 13.2 Å². The van der Waals surface area contributed by atoms with Crippen LogP contribution >= 0.6 is 0 Å². The molecule has 1 rings (SSSR count). The minimum atomic E-state index is -4.33. The minimum absolute atomic E-state index is 0.0199. The van der Waals surface area contributed by atoms with Gasteiger partial charge >= 0.3 is 6.18 Å². The van der Waals surface area contributed by atoms with Gasteiger partial charge in [0.1, 0.15) is 0 Å². The predicted octanol–water partition coefficient (Wildman–Crippen LogP) is 2.53. The number of alkyl halides is 3. The van der Waals surface area contributed by atoms with E-state index in [1.807, 2.05) is 20.8 Å². The number of nitrogens with one attached hydrogen (secondary N) is 3. The van der Waals surface area contributed by atoms with E-state index in [1.165, 1.54) is 12.1 Å². The molecule has 0 saturated carbocycles. The summed E-state index contributed by atoms with van der Waals surface area (Å²) in [6.07, 6.45) is -4.33. The van der Waals surface area contributed by atoms with Gasteiger partial charge in [0.15, 0.2) is 5.96 Å². The maximum absolute atomic E-state index is 12.5. The molecule has 5 nitrogen and oxygen atoms in total. The monoisotopic (exact) mass is 358 g/mol. The van der Waals surface area contributed by atoms with Crippen LogP contribution in [0.25, 0.3) is 0 Å². The minimum Gasteiger partial charge on any atom is -0.357 e. The number of amides is 1. The smallest absolute Gasteiger partial charge is 0.357 e. The molecule has 8 heteroatoms. The molecule has 0 aliphatic heterocycles. The van der Waals surface area contributed by atoms with Crippen molar-refractivity contribution in [3.05, 3.63) is 35.4 Å². The summed E-state index contributed by atoms with van der Waals surface area (Å²) in [5.74, 6) is 0.455. The lowest BCUT2D eigenvalue weighted by atomic mass is 10.1. The van der Waals surface area contributed by atoms with Crippen LogP contribution in [0.15, 0.2) is 29.3 Å². The van der Waals surface area contributed by atoms with Crippen molar-refractivity contribution in [2.75, 3.05) is 19.6 Å². The van der Waals surface area contributed by atoms with Crippen LogP contribution in [0.5, 0.6) is 0 Å².